The van der Waals surface area contributed by atoms with E-state index in [1.54, 1.807) is 0 Å². The molecule has 0 aliphatic heterocycles. The van der Waals surface area contributed by atoms with E-state index >= 15 is 0 Å². The molecule has 4 N–H and O–H groups in total. The molecule has 0 heterocycles. The molecule has 6 amide bonds. The van der Waals surface area contributed by atoms with Crippen LogP contribution in [0.4, 0.5) is 9.59 Å². The van der Waals surface area contributed by atoms with E-state index in [4.69, 9.17) is 0 Å². The zero-order valence-electron chi connectivity index (χ0n) is 16.6. The SMILES string of the molecule is CC(C)CCCC(=O)NC(=O)NCCSSCC(=O)NC(=O)NCC(C)C. The van der Waals surface area contributed by atoms with Gasteiger partial charge in [0.25, 0.3) is 0 Å². The Labute approximate surface area is 169 Å². The van der Waals surface area contributed by atoms with Crippen LogP contribution in [0.15, 0.2) is 0 Å². The van der Waals surface area contributed by atoms with E-state index < -0.39 is 12.1 Å². The fraction of sp³-hybridized carbons (Fsp3) is 0.765. The van der Waals surface area contributed by atoms with Crippen molar-refractivity contribution in [3.8, 4) is 0 Å². The van der Waals surface area contributed by atoms with Crippen LogP contribution in [0.5, 0.6) is 0 Å². The summed E-state index contributed by atoms with van der Waals surface area (Å²) in [5.74, 6) is 0.926. The monoisotopic (exact) mass is 420 g/mol. The molecule has 0 saturated carbocycles. The molecule has 8 nitrogen and oxygen atoms in total. The van der Waals surface area contributed by atoms with Gasteiger partial charge >= 0.3 is 12.1 Å². The van der Waals surface area contributed by atoms with Gasteiger partial charge in [-0.05, 0) is 18.3 Å². The third-order valence-electron chi connectivity index (χ3n) is 3.11. The first-order valence-corrected chi connectivity index (χ1v) is 11.6. The van der Waals surface area contributed by atoms with Gasteiger partial charge in [0.15, 0.2) is 0 Å². The van der Waals surface area contributed by atoms with Crippen LogP contribution in [0, 0.1) is 11.8 Å². The lowest BCUT2D eigenvalue weighted by atomic mass is 10.1. The van der Waals surface area contributed by atoms with Crippen molar-refractivity contribution in [2.45, 2.75) is 47.0 Å². The Hall–Kier alpha value is -1.42. The summed E-state index contributed by atoms with van der Waals surface area (Å²) < 4.78 is 0. The Balaban J connectivity index is 3.62. The van der Waals surface area contributed by atoms with Gasteiger partial charge in [-0.3, -0.25) is 20.2 Å². The predicted octanol–water partition coefficient (Wildman–Crippen LogP) is 2.50. The van der Waals surface area contributed by atoms with Crippen molar-refractivity contribution in [1.29, 1.82) is 0 Å². The smallest absolute Gasteiger partial charge is 0.321 e. The maximum atomic E-state index is 11.6. The predicted molar refractivity (Wildman–Crippen MR) is 112 cm³/mol. The summed E-state index contributed by atoms with van der Waals surface area (Å²) in [4.78, 5) is 46.1. The maximum Gasteiger partial charge on any atom is 0.321 e. The van der Waals surface area contributed by atoms with Gasteiger partial charge in [0, 0.05) is 25.3 Å². The molecule has 0 radical (unpaired) electrons. The minimum absolute atomic E-state index is 0.139. The van der Waals surface area contributed by atoms with Gasteiger partial charge in [-0.25, -0.2) is 9.59 Å². The second kappa shape index (κ2) is 15.6. The summed E-state index contributed by atoms with van der Waals surface area (Å²) in [5.41, 5.74) is 0. The van der Waals surface area contributed by atoms with Crippen molar-refractivity contribution in [3.63, 3.8) is 0 Å². The van der Waals surface area contributed by atoms with Gasteiger partial charge in [-0.15, -0.1) is 0 Å². The van der Waals surface area contributed by atoms with E-state index in [-0.39, 0.29) is 17.6 Å². The second-order valence-electron chi connectivity index (χ2n) is 6.83. The molecule has 0 aliphatic carbocycles. The summed E-state index contributed by atoms with van der Waals surface area (Å²) in [5, 5.41) is 9.73. The molecular weight excluding hydrogens is 388 g/mol. The number of imide groups is 2. The first-order chi connectivity index (χ1) is 12.7. The lowest BCUT2D eigenvalue weighted by Crippen LogP contribution is -2.41. The normalized spacial score (nSPS) is 10.6. The van der Waals surface area contributed by atoms with E-state index in [1.165, 1.54) is 21.6 Å². The van der Waals surface area contributed by atoms with E-state index in [1.807, 2.05) is 13.8 Å². The standard InChI is InChI=1S/C17H32N4O4S2/c1-12(2)6-5-7-14(22)20-16(24)18-8-9-26-27-11-15(23)21-17(25)19-10-13(3)4/h12-13H,5-11H2,1-4H3,(H2,18,20,22,24)(H2,19,21,23,25). The van der Waals surface area contributed by atoms with Crippen LogP contribution in [-0.2, 0) is 9.59 Å². The molecule has 0 aromatic carbocycles. The number of rotatable bonds is 12. The lowest BCUT2D eigenvalue weighted by molar-refractivity contribution is -0.120. The fourth-order valence-electron chi connectivity index (χ4n) is 1.77. The van der Waals surface area contributed by atoms with Gasteiger partial charge in [0.05, 0.1) is 5.75 Å². The molecule has 0 saturated heterocycles. The molecule has 0 fully saturated rings. The van der Waals surface area contributed by atoms with Crippen molar-refractivity contribution >= 4 is 45.5 Å². The molecule has 10 heteroatoms. The van der Waals surface area contributed by atoms with Crippen LogP contribution in [-0.4, -0.2) is 48.5 Å². The van der Waals surface area contributed by atoms with Gasteiger partial charge in [-0.1, -0.05) is 55.7 Å². The number of hydrogen-bond acceptors (Lipinski definition) is 6. The van der Waals surface area contributed by atoms with Crippen LogP contribution in [0.3, 0.4) is 0 Å². The molecule has 0 spiro atoms. The number of hydrogen-bond donors (Lipinski definition) is 4. The quantitative estimate of drug-likeness (QED) is 0.285. The van der Waals surface area contributed by atoms with Crippen molar-refractivity contribution in [3.05, 3.63) is 0 Å². The molecule has 0 aromatic heterocycles. The Morgan fingerprint density at radius 1 is 0.815 bits per heavy atom. The maximum absolute atomic E-state index is 11.6. The summed E-state index contributed by atoms with van der Waals surface area (Å²) in [7, 11) is 2.69. The average molecular weight is 421 g/mol. The van der Waals surface area contributed by atoms with Crippen LogP contribution in [0.1, 0.15) is 47.0 Å². The highest BCUT2D eigenvalue weighted by Crippen LogP contribution is 2.19. The molecule has 0 aromatic rings. The zero-order valence-corrected chi connectivity index (χ0v) is 18.2. The number of carbonyl (C=O) groups excluding carboxylic acids is 4. The number of amides is 6. The first kappa shape index (κ1) is 25.6. The first-order valence-electron chi connectivity index (χ1n) is 9.10. The third-order valence-corrected chi connectivity index (χ3v) is 5.38. The summed E-state index contributed by atoms with van der Waals surface area (Å²) in [6, 6.07) is -0.995. The average Bonchev–Trinajstić information content (AvgIpc) is 2.55. The number of nitrogens with one attached hydrogen (secondary N) is 4. The van der Waals surface area contributed by atoms with Crippen LogP contribution < -0.4 is 21.3 Å². The lowest BCUT2D eigenvalue weighted by Gasteiger charge is -2.08. The minimum atomic E-state index is -0.505. The molecule has 0 rings (SSSR count). The molecule has 27 heavy (non-hydrogen) atoms. The van der Waals surface area contributed by atoms with Crippen molar-refractivity contribution < 1.29 is 19.2 Å². The van der Waals surface area contributed by atoms with Crippen LogP contribution in [0.25, 0.3) is 0 Å². The van der Waals surface area contributed by atoms with Crippen LogP contribution in [0.2, 0.25) is 0 Å². The Kier molecular flexibility index (Phi) is 14.8. The van der Waals surface area contributed by atoms with E-state index in [0.29, 0.717) is 37.1 Å². The van der Waals surface area contributed by atoms with Crippen molar-refractivity contribution in [2.75, 3.05) is 24.6 Å². The Bertz CT molecular complexity index is 488. The zero-order chi connectivity index (χ0) is 20.7. The summed E-state index contributed by atoms with van der Waals surface area (Å²) in [6.45, 7) is 8.99. The van der Waals surface area contributed by atoms with E-state index in [0.717, 1.165) is 12.8 Å². The topological polar surface area (TPSA) is 116 Å². The van der Waals surface area contributed by atoms with E-state index in [9.17, 15) is 19.2 Å². The third kappa shape index (κ3) is 17.7. The molecule has 0 bridgehead atoms. The molecule has 0 atom stereocenters. The minimum Gasteiger partial charge on any atom is -0.338 e. The Morgan fingerprint density at radius 3 is 2.07 bits per heavy atom. The van der Waals surface area contributed by atoms with Gasteiger partial charge in [0.2, 0.25) is 11.8 Å². The highest BCUT2D eigenvalue weighted by molar-refractivity contribution is 8.76. The highest BCUT2D eigenvalue weighted by Gasteiger charge is 2.09. The summed E-state index contributed by atoms with van der Waals surface area (Å²) in [6.07, 6.45) is 2.06. The van der Waals surface area contributed by atoms with Crippen molar-refractivity contribution in [2.24, 2.45) is 11.8 Å². The summed E-state index contributed by atoms with van der Waals surface area (Å²) >= 11 is 0. The van der Waals surface area contributed by atoms with Gasteiger partial charge < -0.3 is 10.6 Å². The van der Waals surface area contributed by atoms with E-state index in [2.05, 4.69) is 35.1 Å². The molecule has 156 valence electrons. The van der Waals surface area contributed by atoms with Crippen LogP contribution >= 0.6 is 21.6 Å². The Morgan fingerprint density at radius 2 is 1.44 bits per heavy atom. The highest BCUT2D eigenvalue weighted by atomic mass is 33.1. The van der Waals surface area contributed by atoms with Crippen molar-refractivity contribution in [1.82, 2.24) is 21.3 Å². The fourth-order valence-corrected chi connectivity index (χ4v) is 3.51. The van der Waals surface area contributed by atoms with Gasteiger partial charge in [-0.2, -0.15) is 0 Å². The molecular formula is C17H32N4O4S2. The second-order valence-corrected chi connectivity index (χ2v) is 9.41. The molecule has 0 aliphatic rings. The number of urea groups is 2. The molecule has 0 unspecified atom stereocenters. The largest absolute Gasteiger partial charge is 0.338 e. The van der Waals surface area contributed by atoms with Gasteiger partial charge in [0.1, 0.15) is 0 Å². The number of carbonyl (C=O) groups is 4.